The van der Waals surface area contributed by atoms with Crippen molar-refractivity contribution in [3.63, 3.8) is 0 Å². The molecule has 0 spiro atoms. The number of hydrogen-bond acceptors (Lipinski definition) is 5. The van der Waals surface area contributed by atoms with Crippen LogP contribution in [0, 0.1) is 11.3 Å². The number of nitrogens with zero attached hydrogens (tertiary/aromatic N) is 4. The molecule has 5 heteroatoms. The number of benzene rings is 1. The van der Waals surface area contributed by atoms with Crippen molar-refractivity contribution in [2.45, 2.75) is 0 Å². The van der Waals surface area contributed by atoms with Gasteiger partial charge in [-0.3, -0.25) is 0 Å². The van der Waals surface area contributed by atoms with Gasteiger partial charge in [0.1, 0.15) is 0 Å². The van der Waals surface area contributed by atoms with E-state index in [2.05, 4.69) is 21.3 Å². The van der Waals surface area contributed by atoms with Crippen LogP contribution >= 0.6 is 0 Å². The molecule has 0 aliphatic carbocycles. The second-order valence-electron chi connectivity index (χ2n) is 2.89. The second kappa shape index (κ2) is 3.72. The van der Waals surface area contributed by atoms with Crippen LogP contribution in [0.5, 0.6) is 0 Å². The molecule has 0 bridgehead atoms. The lowest BCUT2D eigenvalue weighted by molar-refractivity contribution is 0.990. The standard InChI is InChI=1S/C10H7N5/c11-5-7-2-1-3-8(4-7)9-6-13-15-10(12)14-9/h1-4,6H,(H2,12,14,15). The first-order chi connectivity index (χ1) is 7.29. The zero-order chi connectivity index (χ0) is 10.7. The van der Waals surface area contributed by atoms with Crippen molar-refractivity contribution in [2.75, 3.05) is 5.73 Å². The van der Waals surface area contributed by atoms with Crippen molar-refractivity contribution in [2.24, 2.45) is 0 Å². The van der Waals surface area contributed by atoms with E-state index < -0.39 is 0 Å². The van der Waals surface area contributed by atoms with Crippen molar-refractivity contribution < 1.29 is 0 Å². The maximum absolute atomic E-state index is 8.74. The Labute approximate surface area is 86.2 Å². The topological polar surface area (TPSA) is 88.5 Å². The van der Waals surface area contributed by atoms with Crippen LogP contribution in [-0.4, -0.2) is 15.2 Å². The first kappa shape index (κ1) is 9.09. The summed E-state index contributed by atoms with van der Waals surface area (Å²) in [4.78, 5) is 4.01. The van der Waals surface area contributed by atoms with Crippen LogP contribution in [0.15, 0.2) is 30.5 Å². The van der Waals surface area contributed by atoms with Crippen molar-refractivity contribution >= 4 is 5.95 Å². The fourth-order valence-corrected chi connectivity index (χ4v) is 1.20. The molecule has 0 aliphatic rings. The summed E-state index contributed by atoms with van der Waals surface area (Å²) in [6.45, 7) is 0. The summed E-state index contributed by atoms with van der Waals surface area (Å²) >= 11 is 0. The molecule has 0 radical (unpaired) electrons. The number of hydrogen-bond donors (Lipinski definition) is 1. The van der Waals surface area contributed by atoms with Crippen molar-refractivity contribution in [1.82, 2.24) is 15.2 Å². The van der Waals surface area contributed by atoms with Gasteiger partial charge in [0.2, 0.25) is 5.95 Å². The minimum absolute atomic E-state index is 0.120. The van der Waals surface area contributed by atoms with Gasteiger partial charge in [0.25, 0.3) is 0 Å². The third-order valence-electron chi connectivity index (χ3n) is 1.86. The van der Waals surface area contributed by atoms with Crippen LogP contribution in [0.2, 0.25) is 0 Å². The number of aromatic nitrogens is 3. The van der Waals surface area contributed by atoms with E-state index in [1.165, 1.54) is 6.20 Å². The molecule has 0 saturated carbocycles. The largest absolute Gasteiger partial charge is 0.366 e. The molecule has 1 heterocycles. The van der Waals surface area contributed by atoms with Gasteiger partial charge in [0, 0.05) is 5.56 Å². The van der Waals surface area contributed by atoms with Gasteiger partial charge in [-0.1, -0.05) is 12.1 Å². The highest BCUT2D eigenvalue weighted by atomic mass is 15.2. The maximum Gasteiger partial charge on any atom is 0.240 e. The first-order valence-electron chi connectivity index (χ1n) is 4.25. The van der Waals surface area contributed by atoms with Gasteiger partial charge in [0.05, 0.1) is 23.5 Å². The summed E-state index contributed by atoms with van der Waals surface area (Å²) < 4.78 is 0. The molecule has 0 unspecified atom stereocenters. The average molecular weight is 197 g/mol. The van der Waals surface area contributed by atoms with Gasteiger partial charge in [-0.25, -0.2) is 4.98 Å². The molecule has 2 aromatic rings. The van der Waals surface area contributed by atoms with Crippen molar-refractivity contribution in [3.8, 4) is 17.3 Å². The van der Waals surface area contributed by atoms with Crippen LogP contribution in [0.3, 0.4) is 0 Å². The van der Waals surface area contributed by atoms with E-state index in [1.54, 1.807) is 18.2 Å². The van der Waals surface area contributed by atoms with Crippen LogP contribution in [0.4, 0.5) is 5.95 Å². The van der Waals surface area contributed by atoms with Crippen LogP contribution in [0.1, 0.15) is 5.56 Å². The molecule has 1 aromatic heterocycles. The molecule has 2 N–H and O–H groups in total. The average Bonchev–Trinajstić information content (AvgIpc) is 2.29. The highest BCUT2D eigenvalue weighted by Gasteiger charge is 2.01. The monoisotopic (exact) mass is 197 g/mol. The van der Waals surface area contributed by atoms with Crippen molar-refractivity contribution in [3.05, 3.63) is 36.0 Å². The van der Waals surface area contributed by atoms with Gasteiger partial charge in [-0.2, -0.15) is 10.4 Å². The van der Waals surface area contributed by atoms with Crippen LogP contribution in [-0.2, 0) is 0 Å². The Morgan fingerprint density at radius 1 is 1.33 bits per heavy atom. The van der Waals surface area contributed by atoms with Crippen molar-refractivity contribution in [1.29, 1.82) is 5.26 Å². The van der Waals surface area contributed by atoms with Gasteiger partial charge in [-0.15, -0.1) is 5.10 Å². The Kier molecular flexibility index (Phi) is 2.25. The van der Waals surface area contributed by atoms with E-state index in [9.17, 15) is 0 Å². The second-order valence-corrected chi connectivity index (χ2v) is 2.89. The fraction of sp³-hybridized carbons (Fsp3) is 0. The Hall–Kier alpha value is -2.48. The SMILES string of the molecule is N#Cc1cccc(-c2cnnc(N)n2)c1. The molecule has 0 atom stereocenters. The van der Waals surface area contributed by atoms with E-state index in [0.717, 1.165) is 5.56 Å². The third kappa shape index (κ3) is 1.89. The minimum Gasteiger partial charge on any atom is -0.366 e. The van der Waals surface area contributed by atoms with E-state index in [4.69, 9.17) is 11.0 Å². The number of nitriles is 1. The molecule has 1 aromatic carbocycles. The first-order valence-corrected chi connectivity index (χ1v) is 4.25. The van der Waals surface area contributed by atoms with E-state index in [0.29, 0.717) is 11.3 Å². The Bertz CT molecular complexity index is 529. The molecule has 15 heavy (non-hydrogen) atoms. The zero-order valence-corrected chi connectivity index (χ0v) is 7.75. The maximum atomic E-state index is 8.74. The van der Waals surface area contributed by atoms with E-state index in [-0.39, 0.29) is 5.95 Å². The summed E-state index contributed by atoms with van der Waals surface area (Å²) in [5, 5.41) is 16.0. The molecular weight excluding hydrogens is 190 g/mol. The highest BCUT2D eigenvalue weighted by molar-refractivity contribution is 5.60. The summed E-state index contributed by atoms with van der Waals surface area (Å²) in [5.41, 5.74) is 7.40. The predicted octanol–water partition coefficient (Wildman–Crippen LogP) is 0.992. The predicted molar refractivity (Wildman–Crippen MR) is 54.4 cm³/mol. The summed E-state index contributed by atoms with van der Waals surface area (Å²) in [5.74, 6) is 0.120. The molecule has 2 rings (SSSR count). The quantitative estimate of drug-likeness (QED) is 0.736. The zero-order valence-electron chi connectivity index (χ0n) is 7.75. The number of anilines is 1. The molecule has 0 saturated heterocycles. The van der Waals surface area contributed by atoms with Crippen LogP contribution < -0.4 is 5.73 Å². The lowest BCUT2D eigenvalue weighted by Crippen LogP contribution is -1.98. The molecule has 5 nitrogen and oxygen atoms in total. The molecular formula is C10H7N5. The molecule has 72 valence electrons. The summed E-state index contributed by atoms with van der Waals surface area (Å²) in [7, 11) is 0. The fourth-order valence-electron chi connectivity index (χ4n) is 1.20. The number of nitrogen functional groups attached to an aromatic ring is 1. The van der Waals surface area contributed by atoms with E-state index >= 15 is 0 Å². The Morgan fingerprint density at radius 3 is 2.93 bits per heavy atom. The summed E-state index contributed by atoms with van der Waals surface area (Å²) in [6.07, 6.45) is 1.51. The Morgan fingerprint density at radius 2 is 2.20 bits per heavy atom. The highest BCUT2D eigenvalue weighted by Crippen LogP contribution is 2.16. The normalized spacial score (nSPS) is 9.53. The molecule has 0 aliphatic heterocycles. The van der Waals surface area contributed by atoms with Crippen LogP contribution in [0.25, 0.3) is 11.3 Å². The van der Waals surface area contributed by atoms with Gasteiger partial charge in [-0.05, 0) is 12.1 Å². The minimum atomic E-state index is 0.120. The Balaban J connectivity index is 2.50. The third-order valence-corrected chi connectivity index (χ3v) is 1.86. The smallest absolute Gasteiger partial charge is 0.240 e. The molecule has 0 fully saturated rings. The molecule has 0 amide bonds. The lowest BCUT2D eigenvalue weighted by Gasteiger charge is -2.00. The van der Waals surface area contributed by atoms with Gasteiger partial charge in [0.15, 0.2) is 0 Å². The lowest BCUT2D eigenvalue weighted by atomic mass is 10.1. The van der Waals surface area contributed by atoms with Gasteiger partial charge >= 0.3 is 0 Å². The van der Waals surface area contributed by atoms with E-state index in [1.807, 2.05) is 6.07 Å². The number of rotatable bonds is 1. The summed E-state index contributed by atoms with van der Waals surface area (Å²) in [6, 6.07) is 9.13. The van der Waals surface area contributed by atoms with Gasteiger partial charge < -0.3 is 5.73 Å². The number of nitrogens with two attached hydrogens (primary N) is 1.